The van der Waals surface area contributed by atoms with E-state index in [0.29, 0.717) is 12.5 Å². The van der Waals surface area contributed by atoms with Gasteiger partial charge in [0.25, 0.3) is 0 Å². The molecule has 1 rings (SSSR count). The molecule has 0 saturated heterocycles. The zero-order valence-electron chi connectivity index (χ0n) is 5.66. The molecule has 2 heteroatoms. The Labute approximate surface area is 60.2 Å². The SMILES string of the molecule is C=CCOc1ccccn1. The van der Waals surface area contributed by atoms with Crippen molar-refractivity contribution in [1.82, 2.24) is 4.98 Å². The van der Waals surface area contributed by atoms with Crippen molar-refractivity contribution >= 4 is 0 Å². The van der Waals surface area contributed by atoms with Crippen LogP contribution in [0.1, 0.15) is 0 Å². The summed E-state index contributed by atoms with van der Waals surface area (Å²) >= 11 is 0. The summed E-state index contributed by atoms with van der Waals surface area (Å²) < 4.78 is 5.13. The number of hydrogen-bond acceptors (Lipinski definition) is 2. The highest BCUT2D eigenvalue weighted by atomic mass is 16.5. The standard InChI is InChI=1S/C8H9NO/c1-2-7-10-8-5-3-4-6-9-8/h2-6H,1,7H2. The molecule has 1 heterocycles. The Balaban J connectivity index is 2.50. The lowest BCUT2D eigenvalue weighted by atomic mass is 10.5. The molecule has 0 fully saturated rings. The van der Waals surface area contributed by atoms with E-state index in [2.05, 4.69) is 11.6 Å². The van der Waals surface area contributed by atoms with Crippen molar-refractivity contribution in [2.24, 2.45) is 0 Å². The maximum atomic E-state index is 5.13. The second-order valence-corrected chi connectivity index (χ2v) is 1.77. The van der Waals surface area contributed by atoms with Crippen molar-refractivity contribution in [2.75, 3.05) is 6.61 Å². The van der Waals surface area contributed by atoms with E-state index in [1.807, 2.05) is 18.2 Å². The predicted octanol–water partition coefficient (Wildman–Crippen LogP) is 1.65. The minimum atomic E-state index is 0.511. The largest absolute Gasteiger partial charge is 0.473 e. The molecule has 0 aliphatic heterocycles. The summed E-state index contributed by atoms with van der Waals surface area (Å²) in [7, 11) is 0. The fourth-order valence-corrected chi connectivity index (χ4v) is 0.577. The van der Waals surface area contributed by atoms with E-state index in [-0.39, 0.29) is 0 Å². The highest BCUT2D eigenvalue weighted by molar-refractivity contribution is 5.09. The molecule has 0 aliphatic carbocycles. The minimum Gasteiger partial charge on any atom is -0.473 e. The molecule has 0 amide bonds. The van der Waals surface area contributed by atoms with Gasteiger partial charge in [0.1, 0.15) is 6.61 Å². The van der Waals surface area contributed by atoms with E-state index in [1.165, 1.54) is 0 Å². The van der Waals surface area contributed by atoms with Crippen LogP contribution < -0.4 is 4.74 Å². The lowest BCUT2D eigenvalue weighted by Gasteiger charge is -1.98. The molecular weight excluding hydrogens is 126 g/mol. The Bertz CT molecular complexity index is 196. The van der Waals surface area contributed by atoms with Gasteiger partial charge in [0.05, 0.1) is 0 Å². The quantitative estimate of drug-likeness (QED) is 0.588. The van der Waals surface area contributed by atoms with Gasteiger partial charge in [-0.05, 0) is 6.07 Å². The van der Waals surface area contributed by atoms with Gasteiger partial charge in [0.2, 0.25) is 5.88 Å². The third-order valence-electron chi connectivity index (χ3n) is 0.987. The zero-order valence-corrected chi connectivity index (χ0v) is 5.66. The molecular formula is C8H9NO. The normalized spacial score (nSPS) is 8.80. The molecule has 0 bridgehead atoms. The topological polar surface area (TPSA) is 22.1 Å². The van der Waals surface area contributed by atoms with E-state index in [1.54, 1.807) is 12.3 Å². The van der Waals surface area contributed by atoms with Crippen LogP contribution in [0.15, 0.2) is 37.1 Å². The van der Waals surface area contributed by atoms with Gasteiger partial charge in [-0.15, -0.1) is 0 Å². The Morgan fingerprint density at radius 2 is 2.50 bits per heavy atom. The molecule has 52 valence electrons. The Kier molecular flexibility index (Phi) is 2.49. The fraction of sp³-hybridized carbons (Fsp3) is 0.125. The summed E-state index contributed by atoms with van der Waals surface area (Å²) in [5, 5.41) is 0. The van der Waals surface area contributed by atoms with Gasteiger partial charge in [-0.25, -0.2) is 4.98 Å². The van der Waals surface area contributed by atoms with Crippen LogP contribution in [-0.4, -0.2) is 11.6 Å². The van der Waals surface area contributed by atoms with Crippen LogP contribution >= 0.6 is 0 Å². The van der Waals surface area contributed by atoms with Crippen molar-refractivity contribution in [3.63, 3.8) is 0 Å². The van der Waals surface area contributed by atoms with Gasteiger partial charge in [-0.3, -0.25) is 0 Å². The zero-order chi connectivity index (χ0) is 7.23. The molecule has 2 nitrogen and oxygen atoms in total. The molecule has 0 N–H and O–H groups in total. The predicted molar refractivity (Wildman–Crippen MR) is 39.9 cm³/mol. The van der Waals surface area contributed by atoms with Crippen LogP contribution in [0.25, 0.3) is 0 Å². The van der Waals surface area contributed by atoms with E-state index in [9.17, 15) is 0 Å². The van der Waals surface area contributed by atoms with Gasteiger partial charge < -0.3 is 4.74 Å². The summed E-state index contributed by atoms with van der Waals surface area (Å²) in [5.41, 5.74) is 0. The monoisotopic (exact) mass is 135 g/mol. The number of aromatic nitrogens is 1. The molecule has 0 spiro atoms. The number of nitrogens with zero attached hydrogens (tertiary/aromatic N) is 1. The minimum absolute atomic E-state index is 0.511. The van der Waals surface area contributed by atoms with Gasteiger partial charge in [0, 0.05) is 12.3 Å². The average molecular weight is 135 g/mol. The van der Waals surface area contributed by atoms with Crippen LogP contribution in [0.5, 0.6) is 5.88 Å². The van der Waals surface area contributed by atoms with Crippen LogP contribution in [0.4, 0.5) is 0 Å². The molecule has 10 heavy (non-hydrogen) atoms. The Morgan fingerprint density at radius 3 is 3.10 bits per heavy atom. The second kappa shape index (κ2) is 3.67. The van der Waals surface area contributed by atoms with E-state index >= 15 is 0 Å². The van der Waals surface area contributed by atoms with Gasteiger partial charge >= 0.3 is 0 Å². The van der Waals surface area contributed by atoms with Gasteiger partial charge in [-0.2, -0.15) is 0 Å². The molecule has 0 atom stereocenters. The van der Waals surface area contributed by atoms with Crippen LogP contribution in [0.2, 0.25) is 0 Å². The van der Waals surface area contributed by atoms with Crippen LogP contribution in [-0.2, 0) is 0 Å². The molecule has 1 aromatic heterocycles. The van der Waals surface area contributed by atoms with Crippen molar-refractivity contribution < 1.29 is 4.74 Å². The lowest BCUT2D eigenvalue weighted by molar-refractivity contribution is 0.349. The average Bonchev–Trinajstić information content (AvgIpc) is 2.03. The Hall–Kier alpha value is -1.31. The van der Waals surface area contributed by atoms with Crippen molar-refractivity contribution in [2.45, 2.75) is 0 Å². The first-order chi connectivity index (χ1) is 4.93. The number of hydrogen-bond donors (Lipinski definition) is 0. The number of pyridine rings is 1. The second-order valence-electron chi connectivity index (χ2n) is 1.77. The molecule has 0 radical (unpaired) electrons. The van der Waals surface area contributed by atoms with Crippen molar-refractivity contribution in [3.8, 4) is 5.88 Å². The number of rotatable bonds is 3. The number of ether oxygens (including phenoxy) is 1. The summed E-state index contributed by atoms with van der Waals surface area (Å²) in [6, 6.07) is 5.54. The summed E-state index contributed by atoms with van der Waals surface area (Å²) in [6.07, 6.45) is 3.38. The van der Waals surface area contributed by atoms with Gasteiger partial charge in [-0.1, -0.05) is 18.7 Å². The highest BCUT2D eigenvalue weighted by Gasteiger charge is 1.86. The lowest BCUT2D eigenvalue weighted by Crippen LogP contribution is -1.93. The summed E-state index contributed by atoms with van der Waals surface area (Å²) in [4.78, 5) is 3.95. The maximum Gasteiger partial charge on any atom is 0.213 e. The molecule has 1 aromatic rings. The van der Waals surface area contributed by atoms with E-state index in [0.717, 1.165) is 0 Å². The first-order valence-electron chi connectivity index (χ1n) is 3.08. The highest BCUT2D eigenvalue weighted by Crippen LogP contribution is 2.01. The first kappa shape index (κ1) is 6.81. The summed E-state index contributed by atoms with van der Waals surface area (Å²) in [6.45, 7) is 4.03. The Morgan fingerprint density at radius 1 is 1.60 bits per heavy atom. The smallest absolute Gasteiger partial charge is 0.213 e. The van der Waals surface area contributed by atoms with Gasteiger partial charge in [0.15, 0.2) is 0 Å². The van der Waals surface area contributed by atoms with E-state index < -0.39 is 0 Å². The molecule has 0 saturated carbocycles. The summed E-state index contributed by atoms with van der Waals surface area (Å²) in [5.74, 6) is 0.641. The third-order valence-corrected chi connectivity index (χ3v) is 0.987. The van der Waals surface area contributed by atoms with Crippen LogP contribution in [0.3, 0.4) is 0 Å². The molecule has 0 unspecified atom stereocenters. The van der Waals surface area contributed by atoms with Crippen LogP contribution in [0, 0.1) is 0 Å². The first-order valence-corrected chi connectivity index (χ1v) is 3.08. The van der Waals surface area contributed by atoms with E-state index in [4.69, 9.17) is 4.74 Å². The third kappa shape index (κ3) is 1.90. The fourth-order valence-electron chi connectivity index (χ4n) is 0.577. The molecule has 0 aliphatic rings. The van der Waals surface area contributed by atoms with Crippen molar-refractivity contribution in [3.05, 3.63) is 37.1 Å². The molecule has 0 aromatic carbocycles. The van der Waals surface area contributed by atoms with Crippen molar-refractivity contribution in [1.29, 1.82) is 0 Å². The maximum absolute atomic E-state index is 5.13.